The van der Waals surface area contributed by atoms with E-state index in [9.17, 15) is 4.79 Å². The topological polar surface area (TPSA) is 41.1 Å². The van der Waals surface area contributed by atoms with Crippen LogP contribution in [0.1, 0.15) is 29.7 Å². The van der Waals surface area contributed by atoms with Gasteiger partial charge in [-0.3, -0.25) is 4.79 Å². The summed E-state index contributed by atoms with van der Waals surface area (Å²) in [5, 5.41) is 6.44. The molecular weight excluding hydrogens is 332 g/mol. The molecule has 0 aliphatic carbocycles. The van der Waals surface area contributed by atoms with Crippen LogP contribution in [0.2, 0.25) is 0 Å². The predicted molar refractivity (Wildman–Crippen MR) is 112 cm³/mol. The smallest absolute Gasteiger partial charge is 0.244 e. The van der Waals surface area contributed by atoms with Crippen molar-refractivity contribution in [2.45, 2.75) is 19.5 Å². The third kappa shape index (κ3) is 5.86. The standard InChI is InChI=1S/C24H24N2O/c1-19(26-24(27)16-15-20-9-4-2-5-10-20)22-13-8-14-23(17-22)25-18-21-11-6-3-7-12-21/h2-17,19,25H,18H2,1H3,(H,26,27)/b16-15-/t19-/m0/s1. The fraction of sp³-hybridized carbons (Fsp3) is 0.125. The first-order chi connectivity index (χ1) is 13.2. The Morgan fingerprint density at radius 2 is 1.63 bits per heavy atom. The third-order valence-corrected chi connectivity index (χ3v) is 4.31. The molecule has 0 spiro atoms. The SMILES string of the molecule is C[C@H](NC(=O)/C=C\c1ccccc1)c1cccc(NCc2ccccc2)c1. The van der Waals surface area contributed by atoms with E-state index in [4.69, 9.17) is 0 Å². The van der Waals surface area contributed by atoms with Crippen LogP contribution in [-0.2, 0) is 11.3 Å². The maximum atomic E-state index is 12.2. The Labute approximate surface area is 160 Å². The Bertz CT molecular complexity index is 889. The first kappa shape index (κ1) is 18.5. The average Bonchev–Trinajstić information content (AvgIpc) is 2.72. The van der Waals surface area contributed by atoms with Crippen molar-refractivity contribution < 1.29 is 4.79 Å². The molecule has 1 atom stereocenters. The highest BCUT2D eigenvalue weighted by atomic mass is 16.1. The van der Waals surface area contributed by atoms with E-state index >= 15 is 0 Å². The molecule has 3 aromatic rings. The zero-order valence-corrected chi connectivity index (χ0v) is 15.4. The lowest BCUT2D eigenvalue weighted by molar-refractivity contribution is -0.117. The second-order valence-corrected chi connectivity index (χ2v) is 6.44. The molecule has 136 valence electrons. The van der Waals surface area contributed by atoms with Gasteiger partial charge in [0.05, 0.1) is 6.04 Å². The van der Waals surface area contributed by atoms with E-state index in [0.717, 1.165) is 23.4 Å². The fourth-order valence-electron chi connectivity index (χ4n) is 2.80. The molecule has 1 amide bonds. The number of carbonyl (C=O) groups is 1. The Kier molecular flexibility index (Phi) is 6.42. The summed E-state index contributed by atoms with van der Waals surface area (Å²) in [5.74, 6) is -0.103. The lowest BCUT2D eigenvalue weighted by atomic mass is 10.1. The number of rotatable bonds is 7. The molecule has 27 heavy (non-hydrogen) atoms. The second-order valence-electron chi connectivity index (χ2n) is 6.44. The molecule has 0 saturated heterocycles. The summed E-state index contributed by atoms with van der Waals surface area (Å²) in [6.07, 6.45) is 3.39. The van der Waals surface area contributed by atoms with Crippen molar-refractivity contribution in [3.63, 3.8) is 0 Å². The summed E-state index contributed by atoms with van der Waals surface area (Å²) < 4.78 is 0. The number of anilines is 1. The van der Waals surface area contributed by atoms with Crippen LogP contribution >= 0.6 is 0 Å². The Hall–Kier alpha value is -3.33. The number of amides is 1. The van der Waals surface area contributed by atoms with E-state index in [-0.39, 0.29) is 11.9 Å². The number of hydrogen-bond donors (Lipinski definition) is 2. The Morgan fingerprint density at radius 3 is 2.37 bits per heavy atom. The van der Waals surface area contributed by atoms with Gasteiger partial charge in [-0.1, -0.05) is 72.8 Å². The van der Waals surface area contributed by atoms with Gasteiger partial charge < -0.3 is 10.6 Å². The van der Waals surface area contributed by atoms with Crippen LogP contribution < -0.4 is 10.6 Å². The van der Waals surface area contributed by atoms with Crippen LogP contribution in [0.25, 0.3) is 6.08 Å². The van der Waals surface area contributed by atoms with Gasteiger partial charge in [-0.05, 0) is 41.8 Å². The number of hydrogen-bond acceptors (Lipinski definition) is 2. The van der Waals surface area contributed by atoms with Crippen molar-refractivity contribution in [3.8, 4) is 0 Å². The summed E-state index contributed by atoms with van der Waals surface area (Å²) >= 11 is 0. The van der Waals surface area contributed by atoms with Crippen LogP contribution in [0.15, 0.2) is 91.0 Å². The Balaban J connectivity index is 1.57. The van der Waals surface area contributed by atoms with Gasteiger partial charge >= 0.3 is 0 Å². The van der Waals surface area contributed by atoms with Crippen LogP contribution in [0.3, 0.4) is 0 Å². The highest BCUT2D eigenvalue weighted by Crippen LogP contribution is 2.18. The van der Waals surface area contributed by atoms with E-state index in [0.29, 0.717) is 0 Å². The van der Waals surface area contributed by atoms with E-state index in [1.54, 1.807) is 6.08 Å². The zero-order chi connectivity index (χ0) is 18.9. The molecule has 3 aromatic carbocycles. The summed E-state index contributed by atoms with van der Waals surface area (Å²) in [6.45, 7) is 2.76. The summed E-state index contributed by atoms with van der Waals surface area (Å²) in [7, 11) is 0. The lowest BCUT2D eigenvalue weighted by Gasteiger charge is -2.15. The molecule has 0 aliphatic heterocycles. The fourth-order valence-corrected chi connectivity index (χ4v) is 2.80. The first-order valence-corrected chi connectivity index (χ1v) is 9.12. The van der Waals surface area contributed by atoms with Crippen molar-refractivity contribution >= 4 is 17.7 Å². The van der Waals surface area contributed by atoms with E-state index in [2.05, 4.69) is 28.8 Å². The van der Waals surface area contributed by atoms with Gasteiger partial charge in [0.1, 0.15) is 0 Å². The molecule has 0 saturated carbocycles. The molecule has 0 fully saturated rings. The minimum Gasteiger partial charge on any atom is -0.381 e. The summed E-state index contributed by atoms with van der Waals surface area (Å²) in [4.78, 5) is 12.2. The normalized spacial score (nSPS) is 11.9. The van der Waals surface area contributed by atoms with Crippen LogP contribution in [0.5, 0.6) is 0 Å². The molecule has 0 aliphatic rings. The van der Waals surface area contributed by atoms with E-state index in [1.807, 2.05) is 79.7 Å². The molecule has 3 rings (SSSR count). The molecule has 0 radical (unpaired) electrons. The molecule has 3 heteroatoms. The van der Waals surface area contributed by atoms with Gasteiger partial charge in [0.15, 0.2) is 0 Å². The van der Waals surface area contributed by atoms with Crippen LogP contribution in [-0.4, -0.2) is 5.91 Å². The first-order valence-electron chi connectivity index (χ1n) is 9.12. The minimum atomic E-state index is -0.103. The van der Waals surface area contributed by atoms with E-state index in [1.165, 1.54) is 5.56 Å². The van der Waals surface area contributed by atoms with Crippen molar-refractivity contribution in [3.05, 3.63) is 108 Å². The average molecular weight is 356 g/mol. The van der Waals surface area contributed by atoms with Crippen molar-refractivity contribution in [1.29, 1.82) is 0 Å². The molecule has 0 aromatic heterocycles. The van der Waals surface area contributed by atoms with Gasteiger partial charge in [-0.15, -0.1) is 0 Å². The highest BCUT2D eigenvalue weighted by Gasteiger charge is 2.08. The van der Waals surface area contributed by atoms with Gasteiger partial charge in [0.2, 0.25) is 5.91 Å². The van der Waals surface area contributed by atoms with Crippen molar-refractivity contribution in [1.82, 2.24) is 5.32 Å². The summed E-state index contributed by atoms with van der Waals surface area (Å²) in [6, 6.07) is 28.2. The number of nitrogens with one attached hydrogen (secondary N) is 2. The molecule has 2 N–H and O–H groups in total. The lowest BCUT2D eigenvalue weighted by Crippen LogP contribution is -2.24. The zero-order valence-electron chi connectivity index (χ0n) is 15.4. The van der Waals surface area contributed by atoms with Crippen molar-refractivity contribution in [2.75, 3.05) is 5.32 Å². The molecule has 3 nitrogen and oxygen atoms in total. The Morgan fingerprint density at radius 1 is 0.926 bits per heavy atom. The molecule has 0 heterocycles. The van der Waals surface area contributed by atoms with Gasteiger partial charge in [-0.25, -0.2) is 0 Å². The second kappa shape index (κ2) is 9.39. The third-order valence-electron chi connectivity index (χ3n) is 4.31. The number of carbonyl (C=O) groups excluding carboxylic acids is 1. The van der Waals surface area contributed by atoms with Gasteiger partial charge in [0.25, 0.3) is 0 Å². The maximum Gasteiger partial charge on any atom is 0.244 e. The van der Waals surface area contributed by atoms with E-state index < -0.39 is 0 Å². The van der Waals surface area contributed by atoms with Crippen molar-refractivity contribution in [2.24, 2.45) is 0 Å². The quantitative estimate of drug-likeness (QED) is 0.572. The largest absolute Gasteiger partial charge is 0.381 e. The van der Waals surface area contributed by atoms with Gasteiger partial charge in [-0.2, -0.15) is 0 Å². The molecule has 0 unspecified atom stereocenters. The van der Waals surface area contributed by atoms with Gasteiger partial charge in [0, 0.05) is 18.3 Å². The minimum absolute atomic E-state index is 0.0728. The monoisotopic (exact) mass is 356 g/mol. The molecule has 0 bridgehead atoms. The maximum absolute atomic E-state index is 12.2. The highest BCUT2D eigenvalue weighted by molar-refractivity contribution is 5.91. The summed E-state index contributed by atoms with van der Waals surface area (Å²) in [5.41, 5.74) is 4.34. The van der Waals surface area contributed by atoms with Crippen LogP contribution in [0.4, 0.5) is 5.69 Å². The molecular formula is C24H24N2O. The number of benzene rings is 3. The predicted octanol–water partition coefficient (Wildman–Crippen LogP) is 5.19. The van der Waals surface area contributed by atoms with Crippen LogP contribution in [0, 0.1) is 0 Å².